The third kappa shape index (κ3) is 7.80. The van der Waals surface area contributed by atoms with Crippen LogP contribution < -0.4 is 4.57 Å². The Morgan fingerprint density at radius 1 is 0.859 bits per heavy atom. The van der Waals surface area contributed by atoms with Gasteiger partial charge in [0.1, 0.15) is 30.5 Å². The molecule has 5 nitrogen and oxygen atoms in total. The highest BCUT2D eigenvalue weighted by Crippen LogP contribution is 2.45. The molecule has 4 heterocycles. The van der Waals surface area contributed by atoms with Crippen molar-refractivity contribution in [3.05, 3.63) is 191 Å². The number of benzene rings is 4. The van der Waals surface area contributed by atoms with Crippen LogP contribution in [-0.2, 0) is 13.0 Å². The van der Waals surface area contributed by atoms with Crippen molar-refractivity contribution in [2.45, 2.75) is 106 Å². The van der Waals surface area contributed by atoms with Crippen molar-refractivity contribution in [3.8, 4) is 28.5 Å². The quantitative estimate of drug-likeness (QED) is 0.0943. The zero-order chi connectivity index (χ0) is 45.2. The van der Waals surface area contributed by atoms with Crippen molar-refractivity contribution in [1.82, 2.24) is 18.7 Å². The molecule has 7 aromatic rings. The van der Waals surface area contributed by atoms with Crippen LogP contribution in [0.5, 0.6) is 0 Å². The average Bonchev–Trinajstić information content (AvgIpc) is 4.10. The molecule has 0 radical (unpaired) electrons. The first kappa shape index (κ1) is 44.2. The van der Waals surface area contributed by atoms with Crippen molar-refractivity contribution in [2.75, 3.05) is 0 Å². The van der Waals surface area contributed by atoms with Crippen molar-refractivity contribution in [2.24, 2.45) is 5.92 Å². The van der Waals surface area contributed by atoms with E-state index in [0.29, 0.717) is 23.7 Å². The predicted molar refractivity (Wildman–Crippen MR) is 272 cm³/mol. The number of nitrogens with zero attached hydrogens (tertiary/aromatic N) is 5. The molecule has 326 valence electrons. The van der Waals surface area contributed by atoms with Gasteiger partial charge in [-0.25, -0.2) is 9.55 Å². The van der Waals surface area contributed by atoms with Crippen molar-refractivity contribution in [1.29, 1.82) is 0 Å². The maximum Gasteiger partial charge on any atom is 0.294 e. The average molecular weight is 845 g/mol. The molecular weight excluding hydrogens is 779 g/mol. The largest absolute Gasteiger partial charge is 0.309 e. The van der Waals surface area contributed by atoms with Gasteiger partial charge in [0.2, 0.25) is 0 Å². The van der Waals surface area contributed by atoms with E-state index in [0.717, 1.165) is 25.2 Å². The number of hydrogen-bond acceptors (Lipinski definition) is 1. The van der Waals surface area contributed by atoms with Crippen molar-refractivity contribution < 1.29 is 4.57 Å². The summed E-state index contributed by atoms with van der Waals surface area (Å²) < 4.78 is 9.57. The summed E-state index contributed by atoms with van der Waals surface area (Å²) in [5.74, 6) is 3.88. The molecule has 5 heteroatoms. The molecule has 1 unspecified atom stereocenters. The second kappa shape index (κ2) is 18.7. The second-order valence-corrected chi connectivity index (χ2v) is 18.2. The monoisotopic (exact) mass is 845 g/mol. The topological polar surface area (TPSA) is 31.6 Å². The van der Waals surface area contributed by atoms with Crippen LogP contribution in [-0.4, -0.2) is 18.7 Å². The summed E-state index contributed by atoms with van der Waals surface area (Å²) >= 11 is 0. The van der Waals surface area contributed by atoms with Gasteiger partial charge in [-0.1, -0.05) is 152 Å². The van der Waals surface area contributed by atoms with E-state index in [1.54, 1.807) is 0 Å². The number of aromatic nitrogens is 5. The Hall–Kier alpha value is -6.46. The van der Waals surface area contributed by atoms with Gasteiger partial charge >= 0.3 is 0 Å². The molecule has 2 aliphatic rings. The Morgan fingerprint density at radius 2 is 1.61 bits per heavy atom. The zero-order valence-corrected chi connectivity index (χ0v) is 39.7. The minimum absolute atomic E-state index is 0.315. The number of aryl methyl sites for hydroxylation is 1. The van der Waals surface area contributed by atoms with Crippen molar-refractivity contribution >= 4 is 28.6 Å². The number of fused-ring (bicyclic) bond motifs is 4. The van der Waals surface area contributed by atoms with E-state index >= 15 is 0 Å². The molecule has 3 aromatic heterocycles. The molecule has 1 aliphatic heterocycles. The molecule has 1 atom stereocenters. The molecule has 0 saturated carbocycles. The highest BCUT2D eigenvalue weighted by molar-refractivity contribution is 6.00. The third-order valence-corrected chi connectivity index (χ3v) is 13.3. The van der Waals surface area contributed by atoms with Gasteiger partial charge in [0.15, 0.2) is 0 Å². The Labute approximate surface area is 382 Å². The molecule has 9 rings (SSSR count). The number of para-hydroxylation sites is 2. The Morgan fingerprint density at radius 3 is 2.30 bits per heavy atom. The normalized spacial score (nSPS) is 14.7. The summed E-state index contributed by atoms with van der Waals surface area (Å²) in [6.45, 7) is 27.7. The van der Waals surface area contributed by atoms with Gasteiger partial charge < -0.3 is 4.57 Å². The van der Waals surface area contributed by atoms with Gasteiger partial charge in [-0.05, 0) is 92.8 Å². The Kier molecular flexibility index (Phi) is 12.9. The standard InChI is InChI=1S/C35H36N3.C24H30N2/c1-7-14-30-27(8-2)33-31(38(30)26-16-10-9-11-17-26)21-29(23(3)4)34(32(33)24(5)6)37-20-19-36-22-25-15-12-13-18-28(25)35(36)37;1-6-18(5)21-12-8-9-13-22(21)24-25-15-16-26(24)23-19(7-2)11-10-14-20(23)17(3)4/h7-21,23-24H,2,22H2,1,3-6H3;6,8-11,13-17,21H,7,12H2,1-5H3/q+1;/b14-7-;. The number of rotatable bonds is 11. The molecule has 4 aromatic carbocycles. The Balaban J connectivity index is 0.000000189. The SMILES string of the molecule is C=Cc1c(/C=C\C)n(-c2ccccc2)c2cc(C(C)C)c(-n3cc[n+]4c3-c3ccccc3C4)c(C(C)C)c12.CC=C(C)C1CC=CC=C1c1nccn1-c1c(CC)cccc1C(C)C. The van der Waals surface area contributed by atoms with Crippen LogP contribution in [0.2, 0.25) is 0 Å². The molecule has 64 heavy (non-hydrogen) atoms. The van der Waals surface area contributed by atoms with E-state index in [1.165, 1.54) is 89.6 Å². The lowest BCUT2D eigenvalue weighted by atomic mass is 9.85. The number of imidazole rings is 2. The maximum absolute atomic E-state index is 4.79. The van der Waals surface area contributed by atoms with Gasteiger partial charge in [0.25, 0.3) is 5.82 Å². The fourth-order valence-corrected chi connectivity index (χ4v) is 10.1. The van der Waals surface area contributed by atoms with Crippen LogP contribution in [0, 0.1) is 5.92 Å². The molecule has 0 amide bonds. The van der Waals surface area contributed by atoms with E-state index < -0.39 is 0 Å². The summed E-state index contributed by atoms with van der Waals surface area (Å²) in [5, 5.41) is 1.30. The van der Waals surface area contributed by atoms with Crippen LogP contribution in [0.25, 0.3) is 57.1 Å². The van der Waals surface area contributed by atoms with Crippen LogP contribution in [0.1, 0.15) is 138 Å². The first-order valence-corrected chi connectivity index (χ1v) is 23.4. The summed E-state index contributed by atoms with van der Waals surface area (Å²) in [7, 11) is 0. The summed E-state index contributed by atoms with van der Waals surface area (Å²) in [4.78, 5) is 4.79. The lowest BCUT2D eigenvalue weighted by Crippen LogP contribution is -2.30. The Bertz CT molecular complexity index is 2950. The smallest absolute Gasteiger partial charge is 0.294 e. The molecule has 0 saturated heterocycles. The first-order valence-electron chi connectivity index (χ1n) is 23.4. The highest BCUT2D eigenvalue weighted by Gasteiger charge is 2.35. The van der Waals surface area contributed by atoms with E-state index in [9.17, 15) is 0 Å². The van der Waals surface area contributed by atoms with Gasteiger partial charge in [-0.2, -0.15) is 4.57 Å². The van der Waals surface area contributed by atoms with Gasteiger partial charge in [-0.3, -0.25) is 4.57 Å². The first-order chi connectivity index (χ1) is 31.0. The minimum atomic E-state index is 0.315. The summed E-state index contributed by atoms with van der Waals surface area (Å²) in [6.07, 6.45) is 25.9. The number of hydrogen-bond donors (Lipinski definition) is 0. The van der Waals surface area contributed by atoms with Gasteiger partial charge in [0.05, 0.1) is 22.5 Å². The second-order valence-electron chi connectivity index (χ2n) is 18.2. The van der Waals surface area contributed by atoms with Crippen LogP contribution in [0.4, 0.5) is 0 Å². The van der Waals surface area contributed by atoms with Crippen LogP contribution >= 0.6 is 0 Å². The molecule has 0 N–H and O–H groups in total. The fraction of sp³-hybridized carbons (Fsp3) is 0.288. The summed E-state index contributed by atoms with van der Waals surface area (Å²) in [5.41, 5.74) is 18.3. The van der Waals surface area contributed by atoms with Gasteiger partial charge in [-0.15, -0.1) is 0 Å². The van der Waals surface area contributed by atoms with Crippen molar-refractivity contribution in [3.63, 3.8) is 0 Å². The lowest BCUT2D eigenvalue weighted by Gasteiger charge is -2.25. The van der Waals surface area contributed by atoms with E-state index in [4.69, 9.17) is 4.98 Å². The minimum Gasteiger partial charge on any atom is -0.309 e. The summed E-state index contributed by atoms with van der Waals surface area (Å²) in [6, 6.07) is 28.6. The maximum atomic E-state index is 4.79. The number of allylic oxidation sites excluding steroid dienone is 7. The van der Waals surface area contributed by atoms with E-state index in [2.05, 4.69) is 228 Å². The fourth-order valence-electron chi connectivity index (χ4n) is 10.1. The molecule has 1 aliphatic carbocycles. The predicted octanol–water partition coefficient (Wildman–Crippen LogP) is 15.1. The van der Waals surface area contributed by atoms with Crippen LogP contribution in [0.15, 0.2) is 146 Å². The molecule has 0 bridgehead atoms. The van der Waals surface area contributed by atoms with Gasteiger partial charge in [0, 0.05) is 57.2 Å². The molecular formula is C59H66N5+. The lowest BCUT2D eigenvalue weighted by molar-refractivity contribution is -0.671. The third-order valence-electron chi connectivity index (χ3n) is 13.3. The molecule has 0 spiro atoms. The zero-order valence-electron chi connectivity index (χ0n) is 39.7. The molecule has 0 fully saturated rings. The highest BCUT2D eigenvalue weighted by atomic mass is 15.2. The van der Waals surface area contributed by atoms with Crippen LogP contribution in [0.3, 0.4) is 0 Å². The van der Waals surface area contributed by atoms with E-state index in [-0.39, 0.29) is 0 Å². The van der Waals surface area contributed by atoms with E-state index in [1.807, 2.05) is 12.3 Å².